The average Bonchev–Trinajstić information content (AvgIpc) is 2.66. The highest BCUT2D eigenvalue weighted by Gasteiger charge is 2.10. The van der Waals surface area contributed by atoms with E-state index in [9.17, 15) is 0 Å². The van der Waals surface area contributed by atoms with E-state index in [1.54, 1.807) is 0 Å². The van der Waals surface area contributed by atoms with Gasteiger partial charge < -0.3 is 0 Å². The molecule has 0 nitrogen and oxygen atoms in total. The van der Waals surface area contributed by atoms with Gasteiger partial charge in [0.15, 0.2) is 10.3 Å². The first-order chi connectivity index (χ1) is 6.86. The second-order valence-electron chi connectivity index (χ2n) is 3.45. The van der Waals surface area contributed by atoms with E-state index in [4.69, 9.17) is 0 Å². The van der Waals surface area contributed by atoms with Crippen LogP contribution in [0.3, 0.4) is 0 Å². The quantitative estimate of drug-likeness (QED) is 0.378. The summed E-state index contributed by atoms with van der Waals surface area (Å²) in [5.74, 6) is 0. The summed E-state index contributed by atoms with van der Waals surface area (Å²) in [6.45, 7) is 2.18. The molecule has 14 heavy (non-hydrogen) atoms. The fourth-order valence-corrected chi connectivity index (χ4v) is 4.15. The molecule has 0 radical (unpaired) electrons. The summed E-state index contributed by atoms with van der Waals surface area (Å²) in [5.41, 5.74) is 1.37. The average molecular weight is 217 g/mol. The van der Waals surface area contributed by atoms with Crippen molar-refractivity contribution in [2.75, 3.05) is 0 Å². The van der Waals surface area contributed by atoms with Gasteiger partial charge in [0, 0.05) is 5.39 Å². The maximum absolute atomic E-state index is 2.28. The van der Waals surface area contributed by atoms with Crippen LogP contribution in [0, 0.1) is 6.92 Å². The summed E-state index contributed by atoms with van der Waals surface area (Å²) in [4.78, 5) is 0. The lowest BCUT2D eigenvalue weighted by atomic mass is 10.0. The summed E-state index contributed by atoms with van der Waals surface area (Å²) in [6.07, 6.45) is 0. The van der Waals surface area contributed by atoms with Gasteiger partial charge in [-0.15, -0.1) is 0 Å². The zero-order chi connectivity index (χ0) is 9.54. The predicted octanol–water partition coefficient (Wildman–Crippen LogP) is 4.71. The van der Waals surface area contributed by atoms with Crippen LogP contribution in [0.4, 0.5) is 0 Å². The van der Waals surface area contributed by atoms with Gasteiger partial charge in [0.1, 0.15) is 4.70 Å². The number of hydrogen-bond acceptors (Lipinski definition) is 1. The van der Waals surface area contributed by atoms with Crippen molar-refractivity contribution in [2.45, 2.75) is 6.92 Å². The molecule has 0 aliphatic heterocycles. The number of hydrogen-bond donors (Lipinski definition) is 0. The van der Waals surface area contributed by atoms with Crippen LogP contribution in [0.15, 0.2) is 35.7 Å². The van der Waals surface area contributed by atoms with Crippen molar-refractivity contribution in [3.63, 3.8) is 0 Å². The third-order valence-corrected chi connectivity index (χ3v) is 4.68. The van der Waals surface area contributed by atoms with Gasteiger partial charge in [0.05, 0.1) is 5.39 Å². The van der Waals surface area contributed by atoms with Gasteiger partial charge >= 0.3 is 0 Å². The van der Waals surface area contributed by atoms with Gasteiger partial charge in [-0.05, 0) is 23.9 Å². The van der Waals surface area contributed by atoms with Gasteiger partial charge in [-0.25, -0.2) is 0 Å². The first-order valence-corrected chi connectivity index (χ1v) is 6.76. The molecule has 0 saturated heterocycles. The fraction of sp³-hybridized carbons (Fsp3) is 0.0833. The van der Waals surface area contributed by atoms with Crippen LogP contribution in [-0.4, -0.2) is 0 Å². The Bertz CT molecular complexity index is 608. The van der Waals surface area contributed by atoms with E-state index in [0.717, 1.165) is 0 Å². The normalized spacial score (nSPS) is 11.2. The van der Waals surface area contributed by atoms with Gasteiger partial charge in [0.2, 0.25) is 5.38 Å². The minimum absolute atomic E-state index is 1.37. The zero-order valence-electron chi connectivity index (χ0n) is 7.78. The second kappa shape index (κ2) is 3.01. The summed E-state index contributed by atoms with van der Waals surface area (Å²) < 4.78 is 1.43. The number of benzene rings is 2. The molecule has 0 aliphatic rings. The molecule has 0 amide bonds. The molecular weight excluding hydrogens is 208 g/mol. The predicted molar refractivity (Wildman–Crippen MR) is 66.4 cm³/mol. The van der Waals surface area contributed by atoms with Crippen LogP contribution in [0.25, 0.3) is 20.9 Å². The Morgan fingerprint density at radius 2 is 1.93 bits per heavy atom. The van der Waals surface area contributed by atoms with Gasteiger partial charge in [0.25, 0.3) is 10.3 Å². The maximum atomic E-state index is 2.28. The Hall–Kier alpha value is -0.990. The molecule has 0 bridgehead atoms. The molecule has 1 aromatic heterocycles. The Labute approximate surface area is 89.8 Å². The molecule has 68 valence electrons. The van der Waals surface area contributed by atoms with Crippen molar-refractivity contribution in [1.29, 1.82) is 0 Å². The van der Waals surface area contributed by atoms with E-state index in [1.807, 2.05) is 20.7 Å². The van der Waals surface area contributed by atoms with E-state index in [-0.39, 0.29) is 0 Å². The number of aryl methyl sites for hydroxylation is 1. The van der Waals surface area contributed by atoms with Gasteiger partial charge in [-0.1, -0.05) is 24.3 Å². The van der Waals surface area contributed by atoms with E-state index in [2.05, 4.69) is 42.6 Å². The first kappa shape index (κ1) is 8.33. The molecule has 2 aromatic carbocycles. The molecule has 0 atom stereocenters. The van der Waals surface area contributed by atoms with Crippen molar-refractivity contribution >= 4 is 41.5 Å². The lowest BCUT2D eigenvalue weighted by molar-refractivity contribution is 1.56. The maximum Gasteiger partial charge on any atom is 0.292 e. The van der Waals surface area contributed by atoms with E-state index in [0.29, 0.717) is 0 Å². The van der Waals surface area contributed by atoms with Crippen molar-refractivity contribution in [1.82, 2.24) is 0 Å². The zero-order valence-corrected chi connectivity index (χ0v) is 9.41. The van der Waals surface area contributed by atoms with Gasteiger partial charge in [-0.2, -0.15) is 0 Å². The Kier molecular flexibility index (Phi) is 1.79. The lowest BCUT2D eigenvalue weighted by Crippen LogP contribution is -1.77. The third-order valence-electron chi connectivity index (χ3n) is 2.54. The van der Waals surface area contributed by atoms with Crippen LogP contribution in [0.1, 0.15) is 5.56 Å². The molecule has 0 spiro atoms. The molecule has 0 unspecified atom stereocenters. The van der Waals surface area contributed by atoms with Crippen LogP contribution in [0.2, 0.25) is 0 Å². The number of fused-ring (bicyclic) bond motifs is 3. The highest BCUT2D eigenvalue weighted by Crippen LogP contribution is 2.34. The Morgan fingerprint density at radius 3 is 2.79 bits per heavy atom. The third kappa shape index (κ3) is 1.08. The summed E-state index contributed by atoms with van der Waals surface area (Å²) in [6, 6.07) is 10.9. The topological polar surface area (TPSA) is 0 Å². The first-order valence-electron chi connectivity index (χ1n) is 4.55. The smallest absolute Gasteiger partial charge is 0.0616 e. The monoisotopic (exact) mass is 217 g/mol. The largest absolute Gasteiger partial charge is 0.292 e. The highest BCUT2D eigenvalue weighted by atomic mass is 32.9. The van der Waals surface area contributed by atoms with E-state index < -0.39 is 0 Å². The molecule has 3 aromatic rings. The summed E-state index contributed by atoms with van der Waals surface area (Å²) in [7, 11) is 3.69. The summed E-state index contributed by atoms with van der Waals surface area (Å²) >= 11 is 0. The van der Waals surface area contributed by atoms with Crippen LogP contribution < -0.4 is 0 Å². The standard InChI is InChI=1S/C12H9S2/c1-8-6-9-7-13-14-12(9)11-5-3-2-4-10(8)11/h2-7H,1H3/q+1. The molecule has 0 saturated carbocycles. The van der Waals surface area contributed by atoms with Crippen molar-refractivity contribution in [3.8, 4) is 0 Å². The summed E-state index contributed by atoms with van der Waals surface area (Å²) in [5, 5.41) is 6.40. The lowest BCUT2D eigenvalue weighted by Gasteiger charge is -2.00. The minimum atomic E-state index is 1.37. The van der Waals surface area contributed by atoms with Crippen molar-refractivity contribution in [2.24, 2.45) is 0 Å². The highest BCUT2D eigenvalue weighted by molar-refractivity contribution is 7.72. The minimum Gasteiger partial charge on any atom is -0.0616 e. The SMILES string of the molecule is Cc1cc2c[s+]sc2c2ccccc12. The fourth-order valence-electron chi connectivity index (χ4n) is 1.86. The Balaban J connectivity index is 2.67. The second-order valence-corrected chi connectivity index (χ2v) is 5.54. The van der Waals surface area contributed by atoms with Gasteiger partial charge in [-0.3, -0.25) is 0 Å². The van der Waals surface area contributed by atoms with Crippen LogP contribution in [0.5, 0.6) is 0 Å². The van der Waals surface area contributed by atoms with Crippen LogP contribution >= 0.6 is 20.7 Å². The molecule has 0 N–H and O–H groups in total. The van der Waals surface area contributed by atoms with Crippen molar-refractivity contribution in [3.05, 3.63) is 41.3 Å². The van der Waals surface area contributed by atoms with Crippen LogP contribution in [-0.2, 0) is 0 Å². The van der Waals surface area contributed by atoms with E-state index >= 15 is 0 Å². The van der Waals surface area contributed by atoms with E-state index in [1.165, 1.54) is 26.4 Å². The Morgan fingerprint density at radius 1 is 1.14 bits per heavy atom. The molecule has 1 heterocycles. The molecule has 0 aliphatic carbocycles. The molecule has 2 heteroatoms. The molecular formula is C12H9S2+. The molecule has 3 rings (SSSR count). The number of rotatable bonds is 0. The van der Waals surface area contributed by atoms with Crippen molar-refractivity contribution < 1.29 is 0 Å². The molecule has 0 fully saturated rings.